The number of methoxy groups -OCH3 is 2. The van der Waals surface area contributed by atoms with Gasteiger partial charge in [-0.15, -0.1) is 0 Å². The van der Waals surface area contributed by atoms with Crippen molar-refractivity contribution in [2.75, 3.05) is 14.2 Å². The van der Waals surface area contributed by atoms with Crippen LogP contribution in [-0.2, 0) is 0 Å². The van der Waals surface area contributed by atoms with Crippen molar-refractivity contribution >= 4 is 0 Å². The molecule has 0 aliphatic heterocycles. The van der Waals surface area contributed by atoms with Crippen LogP contribution in [0.4, 0.5) is 0 Å². The molecule has 4 heteroatoms. The van der Waals surface area contributed by atoms with Gasteiger partial charge in [-0.2, -0.15) is 0 Å². The van der Waals surface area contributed by atoms with Crippen LogP contribution in [0.3, 0.4) is 0 Å². The van der Waals surface area contributed by atoms with E-state index in [9.17, 15) is 5.11 Å². The second-order valence-electron chi connectivity index (χ2n) is 4.34. The Hall–Kier alpha value is -1.26. The summed E-state index contributed by atoms with van der Waals surface area (Å²) in [5, 5.41) is 10.0. The first-order chi connectivity index (χ1) is 8.02. The minimum atomic E-state index is -0.615. The van der Waals surface area contributed by atoms with Crippen LogP contribution in [0.2, 0.25) is 0 Å². The van der Waals surface area contributed by atoms with Crippen molar-refractivity contribution in [2.45, 2.75) is 26.0 Å². The Bertz CT molecular complexity index is 366. The quantitative estimate of drug-likeness (QED) is 0.821. The third-order valence-corrected chi connectivity index (χ3v) is 2.84. The summed E-state index contributed by atoms with van der Waals surface area (Å²) >= 11 is 0. The van der Waals surface area contributed by atoms with E-state index in [1.165, 1.54) is 0 Å². The second kappa shape index (κ2) is 5.89. The largest absolute Gasteiger partial charge is 0.493 e. The Labute approximate surface area is 102 Å². The average molecular weight is 239 g/mol. The Morgan fingerprint density at radius 2 is 1.82 bits per heavy atom. The van der Waals surface area contributed by atoms with Crippen LogP contribution in [-0.4, -0.2) is 25.4 Å². The monoisotopic (exact) mass is 239 g/mol. The molecule has 1 aromatic rings. The minimum absolute atomic E-state index is 0.0842. The molecule has 4 nitrogen and oxygen atoms in total. The molecule has 0 saturated heterocycles. The van der Waals surface area contributed by atoms with Crippen LogP contribution in [0, 0.1) is 5.92 Å². The molecule has 0 bridgehead atoms. The van der Waals surface area contributed by atoms with E-state index in [0.717, 1.165) is 5.56 Å². The standard InChI is InChI=1S/C13H21NO3/c1-8(2)12(15)11(14)9-6-5-7-10(16-3)13(9)17-4/h5-8,11-12,15H,14H2,1-4H3/t11-,12+/m0/s1. The molecule has 2 atom stereocenters. The highest BCUT2D eigenvalue weighted by Gasteiger charge is 2.24. The van der Waals surface area contributed by atoms with Crippen LogP contribution in [0.25, 0.3) is 0 Å². The maximum atomic E-state index is 10.0. The first-order valence-electron chi connectivity index (χ1n) is 5.67. The Kier molecular flexibility index (Phi) is 4.78. The number of benzene rings is 1. The van der Waals surface area contributed by atoms with Gasteiger partial charge >= 0.3 is 0 Å². The van der Waals surface area contributed by atoms with Crippen molar-refractivity contribution in [3.05, 3.63) is 23.8 Å². The number of ether oxygens (including phenoxy) is 2. The van der Waals surface area contributed by atoms with Gasteiger partial charge in [-0.3, -0.25) is 0 Å². The molecule has 0 aromatic heterocycles. The minimum Gasteiger partial charge on any atom is -0.493 e. The van der Waals surface area contributed by atoms with Crippen LogP contribution in [0.5, 0.6) is 11.5 Å². The van der Waals surface area contributed by atoms with Crippen molar-refractivity contribution in [1.29, 1.82) is 0 Å². The predicted octanol–water partition coefficient (Wildman–Crippen LogP) is 1.72. The molecule has 0 fully saturated rings. The number of hydrogen-bond donors (Lipinski definition) is 2. The summed E-state index contributed by atoms with van der Waals surface area (Å²) in [5.74, 6) is 1.29. The third-order valence-electron chi connectivity index (χ3n) is 2.84. The second-order valence-corrected chi connectivity index (χ2v) is 4.34. The van der Waals surface area contributed by atoms with E-state index in [4.69, 9.17) is 15.2 Å². The number of nitrogens with two attached hydrogens (primary N) is 1. The summed E-state index contributed by atoms with van der Waals surface area (Å²) in [6.07, 6.45) is -0.615. The van der Waals surface area contributed by atoms with E-state index in [0.29, 0.717) is 11.5 Å². The van der Waals surface area contributed by atoms with Crippen LogP contribution in [0.1, 0.15) is 25.5 Å². The molecule has 0 saturated carbocycles. The van der Waals surface area contributed by atoms with E-state index < -0.39 is 12.1 Å². The highest BCUT2D eigenvalue weighted by Crippen LogP contribution is 2.35. The Morgan fingerprint density at radius 3 is 2.29 bits per heavy atom. The summed E-state index contributed by atoms with van der Waals surface area (Å²) < 4.78 is 10.5. The molecule has 3 N–H and O–H groups in total. The van der Waals surface area contributed by atoms with Gasteiger partial charge in [-0.1, -0.05) is 26.0 Å². The Balaban J connectivity index is 3.12. The number of aliphatic hydroxyl groups excluding tert-OH is 1. The maximum absolute atomic E-state index is 10.0. The summed E-state index contributed by atoms with van der Waals surface area (Å²) in [5.41, 5.74) is 6.81. The molecule has 1 rings (SSSR count). The highest BCUT2D eigenvalue weighted by atomic mass is 16.5. The van der Waals surface area contributed by atoms with Gasteiger partial charge in [0.1, 0.15) is 0 Å². The fraction of sp³-hybridized carbons (Fsp3) is 0.538. The van der Waals surface area contributed by atoms with Crippen molar-refractivity contribution in [1.82, 2.24) is 0 Å². The highest BCUT2D eigenvalue weighted by molar-refractivity contribution is 5.48. The molecular formula is C13H21NO3. The SMILES string of the molecule is COc1cccc([C@H](N)[C@H](O)C(C)C)c1OC. The van der Waals surface area contributed by atoms with E-state index in [2.05, 4.69) is 0 Å². The predicted molar refractivity (Wildman–Crippen MR) is 67.3 cm³/mol. The zero-order chi connectivity index (χ0) is 13.0. The number of para-hydroxylation sites is 1. The fourth-order valence-corrected chi connectivity index (χ4v) is 1.77. The zero-order valence-electron chi connectivity index (χ0n) is 10.8. The lowest BCUT2D eigenvalue weighted by molar-refractivity contribution is 0.0968. The molecule has 0 heterocycles. The third kappa shape index (κ3) is 2.90. The molecule has 0 amide bonds. The lowest BCUT2D eigenvalue weighted by atomic mass is 9.93. The van der Waals surface area contributed by atoms with E-state index in [1.54, 1.807) is 20.3 Å². The summed E-state index contributed by atoms with van der Waals surface area (Å²) in [6.45, 7) is 3.86. The number of hydrogen-bond acceptors (Lipinski definition) is 4. The lowest BCUT2D eigenvalue weighted by Gasteiger charge is -2.24. The van der Waals surface area contributed by atoms with E-state index in [-0.39, 0.29) is 5.92 Å². The smallest absolute Gasteiger partial charge is 0.165 e. The van der Waals surface area contributed by atoms with Gasteiger partial charge in [0.15, 0.2) is 11.5 Å². The molecule has 0 aliphatic rings. The number of aliphatic hydroxyl groups is 1. The molecule has 17 heavy (non-hydrogen) atoms. The van der Waals surface area contributed by atoms with Crippen molar-refractivity contribution in [3.8, 4) is 11.5 Å². The lowest BCUT2D eigenvalue weighted by Crippen LogP contribution is -2.30. The first kappa shape index (κ1) is 13.8. The van der Waals surface area contributed by atoms with Gasteiger partial charge in [-0.05, 0) is 12.0 Å². The Morgan fingerprint density at radius 1 is 1.18 bits per heavy atom. The molecule has 96 valence electrons. The molecule has 0 unspecified atom stereocenters. The van der Waals surface area contributed by atoms with Crippen LogP contribution < -0.4 is 15.2 Å². The van der Waals surface area contributed by atoms with Crippen LogP contribution >= 0.6 is 0 Å². The summed E-state index contributed by atoms with van der Waals surface area (Å²) in [7, 11) is 3.14. The van der Waals surface area contributed by atoms with Crippen molar-refractivity contribution in [3.63, 3.8) is 0 Å². The maximum Gasteiger partial charge on any atom is 0.165 e. The van der Waals surface area contributed by atoms with Gasteiger partial charge in [0, 0.05) is 5.56 Å². The van der Waals surface area contributed by atoms with E-state index >= 15 is 0 Å². The zero-order valence-corrected chi connectivity index (χ0v) is 10.8. The molecule has 0 radical (unpaired) electrons. The summed E-state index contributed by atoms with van der Waals surface area (Å²) in [4.78, 5) is 0. The van der Waals surface area contributed by atoms with Crippen molar-refractivity contribution < 1.29 is 14.6 Å². The van der Waals surface area contributed by atoms with Crippen molar-refractivity contribution in [2.24, 2.45) is 11.7 Å². The molecule has 1 aromatic carbocycles. The van der Waals surface area contributed by atoms with Crippen LogP contribution in [0.15, 0.2) is 18.2 Å². The summed E-state index contributed by atoms with van der Waals surface area (Å²) in [6, 6.07) is 5.00. The van der Waals surface area contributed by atoms with Gasteiger partial charge in [0.2, 0.25) is 0 Å². The molecule has 0 aliphatic carbocycles. The van der Waals surface area contributed by atoms with Gasteiger partial charge in [0.25, 0.3) is 0 Å². The van der Waals surface area contributed by atoms with Gasteiger partial charge in [-0.25, -0.2) is 0 Å². The first-order valence-corrected chi connectivity index (χ1v) is 5.67. The average Bonchev–Trinajstić information content (AvgIpc) is 2.35. The van der Waals surface area contributed by atoms with Gasteiger partial charge < -0.3 is 20.3 Å². The molecular weight excluding hydrogens is 218 g/mol. The van der Waals surface area contributed by atoms with E-state index in [1.807, 2.05) is 26.0 Å². The number of rotatable bonds is 5. The molecule has 0 spiro atoms. The van der Waals surface area contributed by atoms with Gasteiger partial charge in [0.05, 0.1) is 26.4 Å². The normalized spacial score (nSPS) is 14.5. The topological polar surface area (TPSA) is 64.7 Å². The fourth-order valence-electron chi connectivity index (χ4n) is 1.77.